The summed E-state index contributed by atoms with van der Waals surface area (Å²) >= 11 is 0. The molecule has 0 saturated carbocycles. The largest absolute Gasteiger partial charge is 0.496 e. The van der Waals surface area contributed by atoms with Gasteiger partial charge in [0.25, 0.3) is 0 Å². The molecule has 0 amide bonds. The summed E-state index contributed by atoms with van der Waals surface area (Å²) in [5.74, 6) is 2.51. The molecule has 0 N–H and O–H groups in total. The Balaban J connectivity index is 1.58. The molecule has 190 valence electrons. The molecule has 4 aromatic rings. The minimum absolute atomic E-state index is 0.00880. The predicted octanol–water partition coefficient (Wildman–Crippen LogP) is 8.59. The molecule has 0 heterocycles. The highest BCUT2D eigenvalue weighted by molar-refractivity contribution is 6.09. The van der Waals surface area contributed by atoms with E-state index in [4.69, 9.17) is 9.47 Å². The van der Waals surface area contributed by atoms with E-state index in [9.17, 15) is 4.79 Å². The Hall–Kier alpha value is -3.85. The van der Waals surface area contributed by atoms with Crippen molar-refractivity contribution < 1.29 is 14.3 Å². The second kappa shape index (κ2) is 10.3. The fourth-order valence-corrected chi connectivity index (χ4v) is 4.94. The number of hydrogen-bond donors (Lipinski definition) is 0. The first kappa shape index (κ1) is 26.2. The lowest BCUT2D eigenvalue weighted by Crippen LogP contribution is -2.20. The number of aryl methyl sites for hydroxylation is 5. The van der Waals surface area contributed by atoms with Gasteiger partial charge in [-0.1, -0.05) is 67.9 Å². The van der Waals surface area contributed by atoms with Gasteiger partial charge in [-0.3, -0.25) is 4.79 Å². The quantitative estimate of drug-likeness (QED) is 0.242. The average molecular weight is 493 g/mol. The first-order valence-electron chi connectivity index (χ1n) is 12.7. The summed E-state index contributed by atoms with van der Waals surface area (Å²) in [6.45, 7) is 14.9. The number of ether oxygens (including phenoxy) is 2. The van der Waals surface area contributed by atoms with Crippen LogP contribution in [0.2, 0.25) is 0 Å². The molecule has 0 aromatic heterocycles. The standard InChI is InChI=1S/C34H36O3/c1-21-9-11-26(12-10-21)31(35)27-13-15-30(16-14-27)37-33-24(4)19-29(20-25(33)5)34(6,7)28-17-22(2)32(36-8)23(3)18-28/h9-20H,1-8H3. The predicted molar refractivity (Wildman–Crippen MR) is 152 cm³/mol. The molecular weight excluding hydrogens is 456 g/mol. The van der Waals surface area contributed by atoms with Crippen LogP contribution in [0.4, 0.5) is 0 Å². The molecular formula is C34H36O3. The molecule has 0 aliphatic heterocycles. The molecule has 0 atom stereocenters. The van der Waals surface area contributed by atoms with Gasteiger partial charge in [-0.25, -0.2) is 0 Å². The molecule has 0 spiro atoms. The van der Waals surface area contributed by atoms with Crippen molar-refractivity contribution in [3.05, 3.63) is 123 Å². The Morgan fingerprint density at radius 2 is 1.03 bits per heavy atom. The van der Waals surface area contributed by atoms with Gasteiger partial charge in [0.05, 0.1) is 7.11 Å². The van der Waals surface area contributed by atoms with E-state index in [0.717, 1.165) is 39.3 Å². The van der Waals surface area contributed by atoms with E-state index in [1.807, 2.05) is 55.5 Å². The van der Waals surface area contributed by atoms with Crippen molar-refractivity contribution in [2.75, 3.05) is 7.11 Å². The van der Waals surface area contributed by atoms with Gasteiger partial charge in [0.15, 0.2) is 5.78 Å². The van der Waals surface area contributed by atoms with Gasteiger partial charge >= 0.3 is 0 Å². The summed E-state index contributed by atoms with van der Waals surface area (Å²) in [6.07, 6.45) is 0. The average Bonchev–Trinajstić information content (AvgIpc) is 2.86. The fraction of sp³-hybridized carbons (Fsp3) is 0.265. The summed E-state index contributed by atoms with van der Waals surface area (Å²) in [5.41, 5.74) is 9.20. The second-order valence-corrected chi connectivity index (χ2v) is 10.5. The lowest BCUT2D eigenvalue weighted by molar-refractivity contribution is 0.103. The lowest BCUT2D eigenvalue weighted by Gasteiger charge is -2.29. The summed E-state index contributed by atoms with van der Waals surface area (Å²) in [5, 5.41) is 0. The van der Waals surface area contributed by atoms with Crippen LogP contribution in [0.1, 0.15) is 68.7 Å². The number of methoxy groups -OCH3 is 1. The zero-order chi connectivity index (χ0) is 26.9. The maximum Gasteiger partial charge on any atom is 0.193 e. The Labute approximate surface area is 221 Å². The maximum absolute atomic E-state index is 12.8. The van der Waals surface area contributed by atoms with Crippen molar-refractivity contribution in [3.8, 4) is 17.2 Å². The Morgan fingerprint density at radius 3 is 1.46 bits per heavy atom. The molecule has 0 unspecified atom stereocenters. The van der Waals surface area contributed by atoms with Crippen LogP contribution >= 0.6 is 0 Å². The highest BCUT2D eigenvalue weighted by atomic mass is 16.5. The zero-order valence-corrected chi connectivity index (χ0v) is 23.2. The number of carbonyl (C=O) groups is 1. The summed E-state index contributed by atoms with van der Waals surface area (Å²) in [7, 11) is 1.72. The molecule has 0 aliphatic carbocycles. The van der Waals surface area contributed by atoms with Crippen LogP contribution in [-0.4, -0.2) is 12.9 Å². The minimum Gasteiger partial charge on any atom is -0.496 e. The molecule has 4 aromatic carbocycles. The fourth-order valence-electron chi connectivity index (χ4n) is 4.94. The molecule has 4 rings (SSSR count). The van der Waals surface area contributed by atoms with Gasteiger partial charge in [-0.2, -0.15) is 0 Å². The van der Waals surface area contributed by atoms with Crippen molar-refractivity contribution in [3.63, 3.8) is 0 Å². The summed E-state index contributed by atoms with van der Waals surface area (Å²) < 4.78 is 11.9. The van der Waals surface area contributed by atoms with E-state index < -0.39 is 0 Å². The van der Waals surface area contributed by atoms with E-state index in [1.54, 1.807) is 7.11 Å². The Kier molecular flexibility index (Phi) is 7.27. The van der Waals surface area contributed by atoms with Crippen LogP contribution in [0.3, 0.4) is 0 Å². The number of benzene rings is 4. The highest BCUT2D eigenvalue weighted by Gasteiger charge is 2.26. The minimum atomic E-state index is -0.187. The topological polar surface area (TPSA) is 35.5 Å². The molecule has 0 fully saturated rings. The van der Waals surface area contributed by atoms with E-state index in [0.29, 0.717) is 16.9 Å². The molecule has 37 heavy (non-hydrogen) atoms. The van der Waals surface area contributed by atoms with Gasteiger partial charge in [0.1, 0.15) is 17.2 Å². The van der Waals surface area contributed by atoms with Crippen molar-refractivity contribution >= 4 is 5.78 Å². The van der Waals surface area contributed by atoms with Crippen LogP contribution < -0.4 is 9.47 Å². The number of carbonyl (C=O) groups excluding carboxylic acids is 1. The molecule has 0 saturated heterocycles. The molecule has 0 aliphatic rings. The van der Waals surface area contributed by atoms with Gasteiger partial charge in [-0.15, -0.1) is 0 Å². The second-order valence-electron chi connectivity index (χ2n) is 10.5. The van der Waals surface area contributed by atoms with Crippen LogP contribution in [0, 0.1) is 34.6 Å². The maximum atomic E-state index is 12.8. The Bertz CT molecular complexity index is 1400. The smallest absolute Gasteiger partial charge is 0.193 e. The first-order valence-corrected chi connectivity index (χ1v) is 12.7. The van der Waals surface area contributed by atoms with E-state index in [1.165, 1.54) is 11.1 Å². The van der Waals surface area contributed by atoms with Crippen molar-refractivity contribution in [2.24, 2.45) is 0 Å². The van der Waals surface area contributed by atoms with Crippen molar-refractivity contribution in [2.45, 2.75) is 53.9 Å². The SMILES string of the molecule is COc1c(C)cc(C(C)(C)c2cc(C)c(Oc3ccc(C(=O)c4ccc(C)cc4)cc3)c(C)c2)cc1C. The van der Waals surface area contributed by atoms with Gasteiger partial charge in [-0.05, 0) is 92.3 Å². The van der Waals surface area contributed by atoms with Crippen LogP contribution in [0.25, 0.3) is 0 Å². The summed E-state index contributed by atoms with van der Waals surface area (Å²) in [4.78, 5) is 12.8. The van der Waals surface area contributed by atoms with Crippen molar-refractivity contribution in [1.29, 1.82) is 0 Å². The van der Waals surface area contributed by atoms with E-state index in [-0.39, 0.29) is 11.2 Å². The number of ketones is 1. The van der Waals surface area contributed by atoms with E-state index >= 15 is 0 Å². The molecule has 3 heteroatoms. The van der Waals surface area contributed by atoms with E-state index in [2.05, 4.69) is 65.8 Å². The molecule has 3 nitrogen and oxygen atoms in total. The number of rotatable bonds is 7. The monoisotopic (exact) mass is 492 g/mol. The zero-order valence-electron chi connectivity index (χ0n) is 23.2. The third-order valence-electron chi connectivity index (χ3n) is 7.22. The first-order chi connectivity index (χ1) is 17.5. The molecule has 0 radical (unpaired) electrons. The van der Waals surface area contributed by atoms with Gasteiger partial charge < -0.3 is 9.47 Å². The van der Waals surface area contributed by atoms with Gasteiger partial charge in [0.2, 0.25) is 0 Å². The summed E-state index contributed by atoms with van der Waals surface area (Å²) in [6, 6.07) is 23.9. The van der Waals surface area contributed by atoms with Crippen LogP contribution in [0.5, 0.6) is 17.2 Å². The van der Waals surface area contributed by atoms with Gasteiger partial charge in [0, 0.05) is 16.5 Å². The number of hydrogen-bond acceptors (Lipinski definition) is 3. The Morgan fingerprint density at radius 1 is 0.622 bits per heavy atom. The lowest BCUT2D eigenvalue weighted by atomic mass is 9.76. The third-order valence-corrected chi connectivity index (χ3v) is 7.22. The van der Waals surface area contributed by atoms with Crippen molar-refractivity contribution in [1.82, 2.24) is 0 Å². The van der Waals surface area contributed by atoms with Crippen LogP contribution in [0.15, 0.2) is 72.8 Å². The third kappa shape index (κ3) is 5.32. The van der Waals surface area contributed by atoms with Crippen LogP contribution in [-0.2, 0) is 5.41 Å². The highest BCUT2D eigenvalue weighted by Crippen LogP contribution is 2.39. The molecule has 0 bridgehead atoms. The normalized spacial score (nSPS) is 11.4.